The van der Waals surface area contributed by atoms with Gasteiger partial charge in [-0.25, -0.2) is 0 Å². The van der Waals surface area contributed by atoms with Gasteiger partial charge in [0, 0.05) is 30.5 Å². The first-order chi connectivity index (χ1) is 29.7. The van der Waals surface area contributed by atoms with Gasteiger partial charge in [0.15, 0.2) is 0 Å². The molecule has 0 fully saturated rings. The molecule has 0 saturated carbocycles. The Hall–Kier alpha value is -4.91. The van der Waals surface area contributed by atoms with Crippen molar-refractivity contribution in [2.45, 2.75) is 83.0 Å². The summed E-state index contributed by atoms with van der Waals surface area (Å²) in [6.07, 6.45) is 2.04. The molecule has 0 bridgehead atoms. The average Bonchev–Trinajstić information content (AvgIpc) is 3.85. The van der Waals surface area contributed by atoms with Gasteiger partial charge in [-0.05, 0) is 77.7 Å². The molecule has 10 rings (SSSR count). The average molecular weight is 1080 g/mol. The Morgan fingerprint density at radius 3 is 1.95 bits per heavy atom. The molecule has 0 aliphatic heterocycles. The molecule has 10 aromatic rings. The van der Waals surface area contributed by atoms with Crippen molar-refractivity contribution in [1.82, 2.24) is 14.5 Å². The maximum Gasteiger partial charge on any atom is 0 e. The number of thiophene rings is 1. The van der Waals surface area contributed by atoms with E-state index in [4.69, 9.17) is 4.98 Å². The SMILES string of the molecule is CC(C)c1cc(C(C)(C)C)cc(C(C)C)c1-n1c(-c2[c-]ccc3c2sc2c3ccc3c4ccccc4ccc32)nc2ccccc21.[CH3][Ge]([CH3])([CH3])[c]1ccc(-c2[c-]cccc2)nc1.[Ir]. The number of benzene rings is 7. The van der Waals surface area contributed by atoms with Crippen molar-refractivity contribution >= 4 is 81.7 Å². The number of rotatable bonds is 6. The summed E-state index contributed by atoms with van der Waals surface area (Å²) in [5.74, 6) is 8.78. The number of pyridine rings is 1. The molecule has 0 spiro atoms. The third-order valence-electron chi connectivity index (χ3n) is 12.2. The molecule has 0 N–H and O–H groups in total. The number of para-hydroxylation sites is 2. The van der Waals surface area contributed by atoms with E-state index < -0.39 is 13.3 Å². The topological polar surface area (TPSA) is 30.7 Å². The number of hydrogen-bond donors (Lipinski definition) is 0. The number of hydrogen-bond acceptors (Lipinski definition) is 3. The van der Waals surface area contributed by atoms with Crippen LogP contribution < -0.4 is 4.40 Å². The maximum atomic E-state index is 5.39. The van der Waals surface area contributed by atoms with Gasteiger partial charge in [-0.3, -0.25) is 4.98 Å². The fourth-order valence-corrected chi connectivity index (χ4v) is 12.2. The van der Waals surface area contributed by atoms with E-state index in [-0.39, 0.29) is 25.5 Å². The Morgan fingerprint density at radius 2 is 1.29 bits per heavy atom. The minimum absolute atomic E-state index is 0. The van der Waals surface area contributed by atoms with E-state index in [1.165, 1.54) is 68.5 Å². The fourth-order valence-electron chi connectivity index (χ4n) is 8.67. The van der Waals surface area contributed by atoms with Gasteiger partial charge in [0.25, 0.3) is 0 Å². The smallest absolute Gasteiger partial charge is 0 e. The largest absolute Gasteiger partial charge is 0 e. The van der Waals surface area contributed by atoms with Gasteiger partial charge in [-0.1, -0.05) is 132 Å². The summed E-state index contributed by atoms with van der Waals surface area (Å²) in [6.45, 7) is 16.2. The van der Waals surface area contributed by atoms with Crippen molar-refractivity contribution in [2.75, 3.05) is 0 Å². The van der Waals surface area contributed by atoms with E-state index in [2.05, 4.69) is 197 Å². The summed E-state index contributed by atoms with van der Waals surface area (Å²) in [6, 6.07) is 54.9. The number of aromatic nitrogens is 3. The zero-order valence-electron chi connectivity index (χ0n) is 38.0. The van der Waals surface area contributed by atoms with Gasteiger partial charge in [0.2, 0.25) is 0 Å². The summed E-state index contributed by atoms with van der Waals surface area (Å²) < 4.78 is 6.45. The van der Waals surface area contributed by atoms with Crippen molar-refractivity contribution < 1.29 is 20.1 Å². The Kier molecular flexibility index (Phi) is 12.5. The minimum atomic E-state index is -1.72. The second kappa shape index (κ2) is 17.6. The summed E-state index contributed by atoms with van der Waals surface area (Å²) >= 11 is 0.161. The van der Waals surface area contributed by atoms with Crippen LogP contribution >= 0.6 is 11.3 Å². The normalized spacial score (nSPS) is 12.1. The molecule has 0 amide bonds. The first-order valence-electron chi connectivity index (χ1n) is 22.0. The monoisotopic (exact) mass is 1080 g/mol. The van der Waals surface area contributed by atoms with Crippen LogP contribution in [0.2, 0.25) is 17.3 Å². The predicted octanol–water partition coefficient (Wildman–Crippen LogP) is 15.8. The predicted molar refractivity (Wildman–Crippen MR) is 272 cm³/mol. The minimum Gasteiger partial charge on any atom is 0 e. The van der Waals surface area contributed by atoms with Crippen molar-refractivity contribution in [1.29, 1.82) is 0 Å². The first kappa shape index (κ1) is 44.7. The molecule has 1 radical (unpaired) electrons. The van der Waals surface area contributed by atoms with Crippen molar-refractivity contribution in [2.24, 2.45) is 0 Å². The van der Waals surface area contributed by atoms with Crippen LogP contribution in [0, 0.1) is 12.1 Å². The van der Waals surface area contributed by atoms with Gasteiger partial charge in [-0.15, -0.1) is 18.2 Å². The molecule has 3 aromatic heterocycles. The second-order valence-corrected chi connectivity index (χ2v) is 31.0. The van der Waals surface area contributed by atoms with Crippen LogP contribution in [0.3, 0.4) is 0 Å². The third-order valence-corrected chi connectivity index (χ3v) is 17.7. The standard InChI is InChI=1S/C43H39N2S.C14H16GeN.Ir/c1-25(2)35-23-28(43(5,6)7)24-36(26(3)4)39(35)45-38-18-11-10-17-37(38)44-42(45)34-16-12-15-31-33-22-21-30-29-14-9-8-13-27(29)19-20-32(30)40(33)46-41(31)34;1-15(2,3)13-9-10-14(16-11-13)12-7-5-4-6-8-12;/h8-15,17-26H,1-7H3;4-7,9-11H,1-3H3;/q2*-1;. The molecule has 3 nitrogen and oxygen atoms in total. The molecule has 0 atom stereocenters. The van der Waals surface area contributed by atoms with E-state index >= 15 is 0 Å². The van der Waals surface area contributed by atoms with Crippen molar-refractivity contribution in [3.8, 4) is 28.3 Å². The van der Waals surface area contributed by atoms with E-state index in [0.29, 0.717) is 11.8 Å². The molecular formula is C57H55GeIrN3S-2. The van der Waals surface area contributed by atoms with Gasteiger partial charge < -0.3 is 4.57 Å². The van der Waals surface area contributed by atoms with Crippen LogP contribution in [0.15, 0.2) is 140 Å². The molecule has 0 aliphatic carbocycles. The molecule has 63 heavy (non-hydrogen) atoms. The van der Waals surface area contributed by atoms with E-state index in [0.717, 1.165) is 33.7 Å². The summed E-state index contributed by atoms with van der Waals surface area (Å²) in [4.78, 5) is 9.92. The van der Waals surface area contributed by atoms with E-state index in [9.17, 15) is 0 Å². The zero-order valence-corrected chi connectivity index (χ0v) is 43.3. The quantitative estimate of drug-likeness (QED) is 0.0944. The molecular weight excluding hydrogens is 1020 g/mol. The van der Waals surface area contributed by atoms with Crippen LogP contribution in [0.25, 0.3) is 81.1 Å². The van der Waals surface area contributed by atoms with E-state index in [1.54, 1.807) is 0 Å². The summed E-state index contributed by atoms with van der Waals surface area (Å²) in [7, 11) is 0. The van der Waals surface area contributed by atoms with Crippen molar-refractivity contribution in [3.05, 3.63) is 168 Å². The first-order valence-corrected chi connectivity index (χ1v) is 30.1. The molecule has 3 heterocycles. The van der Waals surface area contributed by atoms with Crippen LogP contribution in [-0.2, 0) is 25.5 Å². The maximum absolute atomic E-state index is 5.39. The summed E-state index contributed by atoms with van der Waals surface area (Å²) in [5.41, 5.74) is 10.7. The molecule has 6 heteroatoms. The number of fused-ring (bicyclic) bond motifs is 8. The van der Waals surface area contributed by atoms with Gasteiger partial charge >= 0.3 is 99.8 Å². The van der Waals surface area contributed by atoms with Crippen LogP contribution in [0.1, 0.15) is 77.0 Å². The van der Waals surface area contributed by atoms with Crippen LogP contribution in [-0.4, -0.2) is 27.8 Å². The fraction of sp³-hybridized carbons (Fsp3) is 0.228. The summed E-state index contributed by atoms with van der Waals surface area (Å²) in [5, 5.41) is 7.74. The molecule has 319 valence electrons. The number of imidazole rings is 1. The van der Waals surface area contributed by atoms with Crippen LogP contribution in [0.4, 0.5) is 0 Å². The third kappa shape index (κ3) is 8.46. The molecule has 7 aromatic carbocycles. The number of nitrogens with zero attached hydrogens (tertiary/aromatic N) is 3. The molecule has 0 unspecified atom stereocenters. The Bertz CT molecular complexity index is 3230. The van der Waals surface area contributed by atoms with E-state index in [1.807, 2.05) is 41.8 Å². The van der Waals surface area contributed by atoms with Gasteiger partial charge in [0.05, 0.1) is 16.9 Å². The second-order valence-electron chi connectivity index (χ2n) is 19.3. The zero-order chi connectivity index (χ0) is 43.5. The Morgan fingerprint density at radius 1 is 0.635 bits per heavy atom. The molecule has 0 aliphatic rings. The van der Waals surface area contributed by atoms with Crippen molar-refractivity contribution in [3.63, 3.8) is 0 Å². The Labute approximate surface area is 393 Å². The van der Waals surface area contributed by atoms with Gasteiger partial charge in [-0.2, -0.15) is 11.3 Å². The van der Waals surface area contributed by atoms with Crippen LogP contribution in [0.5, 0.6) is 0 Å². The Balaban J connectivity index is 0.000000271. The molecule has 0 saturated heterocycles. The van der Waals surface area contributed by atoms with Gasteiger partial charge in [0.1, 0.15) is 0 Å².